The predicted molar refractivity (Wildman–Crippen MR) is 70.2 cm³/mol. The van der Waals surface area contributed by atoms with Gasteiger partial charge in [0.25, 0.3) is 0 Å². The Labute approximate surface area is 99.6 Å². The molecule has 0 radical (unpaired) electrons. The Morgan fingerprint density at radius 1 is 1.38 bits per heavy atom. The molecule has 0 aromatic heterocycles. The molecular weight excluding hydrogens is 196 g/mol. The number of aliphatic hydroxyl groups excluding tert-OH is 1. The first kappa shape index (κ1) is 13.2. The molecule has 0 heterocycles. The van der Waals surface area contributed by atoms with E-state index < -0.39 is 0 Å². The van der Waals surface area contributed by atoms with Gasteiger partial charge in [-0.25, -0.2) is 0 Å². The van der Waals surface area contributed by atoms with Gasteiger partial charge >= 0.3 is 0 Å². The summed E-state index contributed by atoms with van der Waals surface area (Å²) in [7, 11) is 0. The van der Waals surface area contributed by atoms with E-state index in [1.807, 2.05) is 6.08 Å². The Morgan fingerprint density at radius 2 is 2.06 bits per heavy atom. The van der Waals surface area contributed by atoms with E-state index in [2.05, 4.69) is 26.2 Å². The van der Waals surface area contributed by atoms with Crippen LogP contribution in [0.25, 0.3) is 0 Å². The van der Waals surface area contributed by atoms with Gasteiger partial charge in [0.1, 0.15) is 0 Å². The molecule has 1 aliphatic carbocycles. The van der Waals surface area contributed by atoms with E-state index in [1.165, 1.54) is 31.3 Å². The third-order valence-electron chi connectivity index (χ3n) is 3.69. The molecule has 0 saturated heterocycles. The fourth-order valence-corrected chi connectivity index (χ4v) is 2.81. The van der Waals surface area contributed by atoms with Crippen LogP contribution >= 0.6 is 0 Å². The standard InChI is InChI=1S/C15H24O/c1-4-8-12(3)15-10-7-6-9-13(15)11-14(16)5-2/h4-5,8,13-16H,1-2,6-7,9-11H2,3H3/b12-8-/t13-,14?,15-/m1/s1. The van der Waals surface area contributed by atoms with Gasteiger partial charge in [0, 0.05) is 0 Å². The van der Waals surface area contributed by atoms with Crippen molar-refractivity contribution in [3.05, 3.63) is 37.0 Å². The smallest absolute Gasteiger partial charge is 0.0721 e. The third kappa shape index (κ3) is 3.64. The zero-order valence-corrected chi connectivity index (χ0v) is 10.4. The van der Waals surface area contributed by atoms with E-state index >= 15 is 0 Å². The summed E-state index contributed by atoms with van der Waals surface area (Å²) in [6.07, 6.45) is 11.2. The molecule has 1 nitrogen and oxygen atoms in total. The van der Waals surface area contributed by atoms with Gasteiger partial charge < -0.3 is 5.11 Å². The lowest BCUT2D eigenvalue weighted by Gasteiger charge is -2.33. The van der Waals surface area contributed by atoms with Crippen LogP contribution in [0.15, 0.2) is 37.0 Å². The summed E-state index contributed by atoms with van der Waals surface area (Å²) in [6, 6.07) is 0. The highest BCUT2D eigenvalue weighted by Gasteiger charge is 2.27. The molecule has 0 bridgehead atoms. The largest absolute Gasteiger partial charge is 0.389 e. The zero-order valence-electron chi connectivity index (χ0n) is 10.4. The van der Waals surface area contributed by atoms with E-state index in [-0.39, 0.29) is 6.10 Å². The van der Waals surface area contributed by atoms with E-state index in [1.54, 1.807) is 6.08 Å². The van der Waals surface area contributed by atoms with Crippen LogP contribution in [-0.2, 0) is 0 Å². The first-order chi connectivity index (χ1) is 7.69. The number of hydrogen-bond donors (Lipinski definition) is 1. The van der Waals surface area contributed by atoms with Gasteiger partial charge in [-0.15, -0.1) is 6.58 Å². The molecular formula is C15H24O. The van der Waals surface area contributed by atoms with Gasteiger partial charge in [0.2, 0.25) is 0 Å². The van der Waals surface area contributed by atoms with Crippen LogP contribution in [0.5, 0.6) is 0 Å². The summed E-state index contributed by atoms with van der Waals surface area (Å²) in [5.74, 6) is 1.24. The molecule has 1 heteroatoms. The molecule has 1 unspecified atom stereocenters. The Balaban J connectivity index is 2.66. The zero-order chi connectivity index (χ0) is 12.0. The highest BCUT2D eigenvalue weighted by atomic mass is 16.3. The second-order valence-electron chi connectivity index (χ2n) is 4.84. The van der Waals surface area contributed by atoms with Crippen LogP contribution in [0.2, 0.25) is 0 Å². The van der Waals surface area contributed by atoms with Crippen molar-refractivity contribution in [2.75, 3.05) is 0 Å². The van der Waals surface area contributed by atoms with Gasteiger partial charge in [-0.1, -0.05) is 43.2 Å². The van der Waals surface area contributed by atoms with Crippen molar-refractivity contribution in [1.29, 1.82) is 0 Å². The van der Waals surface area contributed by atoms with Gasteiger partial charge in [-0.05, 0) is 38.0 Å². The lowest BCUT2D eigenvalue weighted by atomic mass is 9.73. The van der Waals surface area contributed by atoms with Crippen LogP contribution in [0, 0.1) is 11.8 Å². The Kier molecular flexibility index (Phi) is 5.54. The molecule has 1 saturated carbocycles. The van der Waals surface area contributed by atoms with E-state index in [0.717, 1.165) is 6.42 Å². The number of hydrogen-bond acceptors (Lipinski definition) is 1. The second kappa shape index (κ2) is 6.70. The van der Waals surface area contributed by atoms with Crippen molar-refractivity contribution < 1.29 is 5.11 Å². The van der Waals surface area contributed by atoms with Crippen LogP contribution in [-0.4, -0.2) is 11.2 Å². The average Bonchev–Trinajstić information content (AvgIpc) is 2.30. The van der Waals surface area contributed by atoms with Gasteiger partial charge in [0.15, 0.2) is 0 Å². The average molecular weight is 220 g/mol. The SMILES string of the molecule is C=C/C=C(/C)[C@H]1CCCC[C@@H]1CC(O)C=C. The number of rotatable bonds is 5. The van der Waals surface area contributed by atoms with Gasteiger partial charge in [0.05, 0.1) is 6.10 Å². The first-order valence-corrected chi connectivity index (χ1v) is 6.29. The van der Waals surface area contributed by atoms with Crippen molar-refractivity contribution >= 4 is 0 Å². The maximum absolute atomic E-state index is 9.68. The number of aliphatic hydroxyl groups is 1. The Bertz CT molecular complexity index is 265. The second-order valence-corrected chi connectivity index (χ2v) is 4.84. The lowest BCUT2D eigenvalue weighted by Crippen LogP contribution is -2.24. The molecule has 0 spiro atoms. The van der Waals surface area contributed by atoms with E-state index in [0.29, 0.717) is 11.8 Å². The van der Waals surface area contributed by atoms with Crippen LogP contribution < -0.4 is 0 Å². The van der Waals surface area contributed by atoms with Gasteiger partial charge in [-0.2, -0.15) is 0 Å². The van der Waals surface area contributed by atoms with Crippen molar-refractivity contribution in [3.63, 3.8) is 0 Å². The fraction of sp³-hybridized carbons (Fsp3) is 0.600. The highest BCUT2D eigenvalue weighted by Crippen LogP contribution is 2.37. The van der Waals surface area contributed by atoms with E-state index in [9.17, 15) is 5.11 Å². The maximum Gasteiger partial charge on any atom is 0.0721 e. The summed E-state index contributed by atoms with van der Waals surface area (Å²) in [5, 5.41) is 9.68. The molecule has 1 fully saturated rings. The Hall–Kier alpha value is -0.820. The molecule has 1 aliphatic rings. The summed E-state index contributed by atoms with van der Waals surface area (Å²) >= 11 is 0. The normalized spacial score (nSPS) is 28.5. The maximum atomic E-state index is 9.68. The Morgan fingerprint density at radius 3 is 2.69 bits per heavy atom. The summed E-state index contributed by atoms with van der Waals surface area (Å²) in [6.45, 7) is 9.59. The van der Waals surface area contributed by atoms with Crippen LogP contribution in [0.1, 0.15) is 39.0 Å². The monoisotopic (exact) mass is 220 g/mol. The topological polar surface area (TPSA) is 20.2 Å². The molecule has 90 valence electrons. The minimum atomic E-state index is -0.345. The van der Waals surface area contributed by atoms with Crippen molar-refractivity contribution in [1.82, 2.24) is 0 Å². The summed E-state index contributed by atoms with van der Waals surface area (Å²) < 4.78 is 0. The third-order valence-corrected chi connectivity index (χ3v) is 3.69. The highest BCUT2D eigenvalue weighted by molar-refractivity contribution is 5.13. The summed E-state index contributed by atoms with van der Waals surface area (Å²) in [4.78, 5) is 0. The molecule has 16 heavy (non-hydrogen) atoms. The minimum absolute atomic E-state index is 0.345. The first-order valence-electron chi connectivity index (χ1n) is 6.29. The van der Waals surface area contributed by atoms with Gasteiger partial charge in [-0.3, -0.25) is 0 Å². The quantitative estimate of drug-likeness (QED) is 0.551. The summed E-state index contributed by atoms with van der Waals surface area (Å²) in [5.41, 5.74) is 1.41. The van der Waals surface area contributed by atoms with Crippen LogP contribution in [0.4, 0.5) is 0 Å². The van der Waals surface area contributed by atoms with Crippen LogP contribution in [0.3, 0.4) is 0 Å². The molecule has 0 aromatic rings. The fourth-order valence-electron chi connectivity index (χ4n) is 2.81. The predicted octanol–water partition coefficient (Wildman–Crippen LogP) is 3.86. The lowest BCUT2D eigenvalue weighted by molar-refractivity contribution is 0.148. The molecule has 0 aromatic carbocycles. The molecule has 0 amide bonds. The van der Waals surface area contributed by atoms with E-state index in [4.69, 9.17) is 0 Å². The number of allylic oxidation sites excluding steroid dienone is 3. The molecule has 1 N–H and O–H groups in total. The van der Waals surface area contributed by atoms with Crippen molar-refractivity contribution in [3.8, 4) is 0 Å². The molecule has 0 aliphatic heterocycles. The van der Waals surface area contributed by atoms with Crippen molar-refractivity contribution in [2.24, 2.45) is 11.8 Å². The molecule has 1 rings (SSSR count). The molecule has 3 atom stereocenters. The van der Waals surface area contributed by atoms with Crippen molar-refractivity contribution in [2.45, 2.75) is 45.1 Å². The minimum Gasteiger partial charge on any atom is -0.389 e.